The monoisotopic (exact) mass is 666 g/mol. The molecule has 2 aromatic rings. The Balaban J connectivity index is 1.22. The van der Waals surface area contributed by atoms with E-state index in [1.807, 2.05) is 6.92 Å². The molecule has 3 fully saturated rings. The molecule has 2 atom stereocenters. The Kier molecular flexibility index (Phi) is 12.0. The Bertz CT molecular complexity index is 1470. The molecule has 260 valence electrons. The SMILES string of the molecule is CCCCOC(=O)N1CCN(C(=O)[C@H](CCO)NC(=O)c2cc(OCC(=O)N3CCC[C@H]3C(=O)NC3CCC3)c3ccccc3n2)CC1. The zero-order valence-electron chi connectivity index (χ0n) is 27.5. The molecule has 14 nitrogen and oxygen atoms in total. The number of pyridine rings is 1. The molecule has 1 aromatic heterocycles. The summed E-state index contributed by atoms with van der Waals surface area (Å²) in [6, 6.07) is 7.10. The van der Waals surface area contributed by atoms with E-state index in [2.05, 4.69) is 15.6 Å². The minimum atomic E-state index is -1.03. The molecule has 3 heterocycles. The van der Waals surface area contributed by atoms with Gasteiger partial charge >= 0.3 is 6.09 Å². The van der Waals surface area contributed by atoms with Crippen molar-refractivity contribution in [3.63, 3.8) is 0 Å². The van der Waals surface area contributed by atoms with E-state index in [-0.39, 0.29) is 67.9 Å². The maximum atomic E-state index is 13.5. The largest absolute Gasteiger partial charge is 0.483 e. The minimum absolute atomic E-state index is 0.0133. The average molecular weight is 667 g/mol. The van der Waals surface area contributed by atoms with Crippen LogP contribution in [0.15, 0.2) is 30.3 Å². The summed E-state index contributed by atoms with van der Waals surface area (Å²) in [6.45, 7) is 3.29. The van der Waals surface area contributed by atoms with E-state index in [0.717, 1.165) is 38.5 Å². The van der Waals surface area contributed by atoms with Crippen LogP contribution in [0.25, 0.3) is 10.9 Å². The van der Waals surface area contributed by atoms with Crippen molar-refractivity contribution < 1.29 is 38.6 Å². The molecule has 1 aromatic carbocycles. The maximum Gasteiger partial charge on any atom is 0.409 e. The highest BCUT2D eigenvalue weighted by Gasteiger charge is 2.36. The predicted molar refractivity (Wildman–Crippen MR) is 175 cm³/mol. The van der Waals surface area contributed by atoms with E-state index >= 15 is 0 Å². The van der Waals surface area contributed by atoms with Crippen molar-refractivity contribution in [3.8, 4) is 5.75 Å². The number of hydrogen-bond acceptors (Lipinski definition) is 9. The third-order valence-corrected chi connectivity index (χ3v) is 9.18. The smallest absolute Gasteiger partial charge is 0.409 e. The first-order valence-corrected chi connectivity index (χ1v) is 17.0. The number of carbonyl (C=O) groups excluding carboxylic acids is 5. The summed E-state index contributed by atoms with van der Waals surface area (Å²) in [6.07, 6.45) is 5.62. The van der Waals surface area contributed by atoms with Gasteiger partial charge in [0.05, 0.1) is 12.1 Å². The number of benzene rings is 1. The summed E-state index contributed by atoms with van der Waals surface area (Å²) in [5.74, 6) is -1.20. The number of fused-ring (bicyclic) bond motifs is 1. The summed E-state index contributed by atoms with van der Waals surface area (Å²) >= 11 is 0. The van der Waals surface area contributed by atoms with Crippen molar-refractivity contribution >= 4 is 40.6 Å². The second-order valence-electron chi connectivity index (χ2n) is 12.5. The molecular formula is C34H46N6O8. The van der Waals surface area contributed by atoms with E-state index in [1.54, 1.807) is 39.0 Å². The van der Waals surface area contributed by atoms with Gasteiger partial charge in [0, 0.05) is 56.8 Å². The maximum absolute atomic E-state index is 13.5. The second-order valence-corrected chi connectivity index (χ2v) is 12.5. The number of nitrogens with zero attached hydrogens (tertiary/aromatic N) is 4. The first kappa shape index (κ1) is 34.9. The molecule has 0 unspecified atom stereocenters. The van der Waals surface area contributed by atoms with Gasteiger partial charge in [0.1, 0.15) is 23.5 Å². The summed E-state index contributed by atoms with van der Waals surface area (Å²) in [5, 5.41) is 16.1. The number of hydrogen-bond donors (Lipinski definition) is 3. The van der Waals surface area contributed by atoms with E-state index in [9.17, 15) is 29.1 Å². The number of aliphatic hydroxyl groups excluding tert-OH is 1. The molecule has 1 saturated carbocycles. The number of aliphatic hydroxyl groups is 1. The summed E-state index contributed by atoms with van der Waals surface area (Å²) in [7, 11) is 0. The molecule has 3 aliphatic rings. The quantitative estimate of drug-likeness (QED) is 0.270. The zero-order valence-corrected chi connectivity index (χ0v) is 27.5. The summed E-state index contributed by atoms with van der Waals surface area (Å²) in [4.78, 5) is 74.5. The molecular weight excluding hydrogens is 620 g/mol. The van der Waals surface area contributed by atoms with Crippen LogP contribution in [0.2, 0.25) is 0 Å². The van der Waals surface area contributed by atoms with Gasteiger partial charge < -0.3 is 39.9 Å². The molecule has 0 bridgehead atoms. The van der Waals surface area contributed by atoms with Crippen LogP contribution in [0, 0.1) is 0 Å². The van der Waals surface area contributed by atoms with Crippen molar-refractivity contribution in [3.05, 3.63) is 36.0 Å². The third-order valence-electron chi connectivity index (χ3n) is 9.18. The molecule has 0 radical (unpaired) electrons. The van der Waals surface area contributed by atoms with Gasteiger partial charge in [0.25, 0.3) is 11.8 Å². The van der Waals surface area contributed by atoms with Crippen LogP contribution in [-0.2, 0) is 19.1 Å². The number of nitrogens with one attached hydrogen (secondary N) is 2. The van der Waals surface area contributed by atoms with Crippen LogP contribution < -0.4 is 15.4 Å². The van der Waals surface area contributed by atoms with Gasteiger partial charge in [-0.1, -0.05) is 25.5 Å². The lowest BCUT2D eigenvalue weighted by atomic mass is 9.93. The number of unbranched alkanes of at least 4 members (excludes halogenated alkanes) is 1. The lowest BCUT2D eigenvalue weighted by Crippen LogP contribution is -2.56. The van der Waals surface area contributed by atoms with E-state index < -0.39 is 24.1 Å². The van der Waals surface area contributed by atoms with Gasteiger partial charge in [-0.3, -0.25) is 19.2 Å². The van der Waals surface area contributed by atoms with Crippen LogP contribution in [0.4, 0.5) is 4.79 Å². The molecule has 0 spiro atoms. The van der Waals surface area contributed by atoms with Crippen LogP contribution in [0.5, 0.6) is 5.75 Å². The van der Waals surface area contributed by atoms with Crippen LogP contribution >= 0.6 is 0 Å². The van der Waals surface area contributed by atoms with Crippen molar-refractivity contribution in [1.29, 1.82) is 0 Å². The average Bonchev–Trinajstić information content (AvgIpc) is 3.58. The Hall–Kier alpha value is -4.46. The Labute approximate surface area is 280 Å². The topological polar surface area (TPSA) is 171 Å². The highest BCUT2D eigenvalue weighted by Crippen LogP contribution is 2.27. The highest BCUT2D eigenvalue weighted by atomic mass is 16.6. The predicted octanol–water partition coefficient (Wildman–Crippen LogP) is 1.84. The molecule has 3 N–H and O–H groups in total. The Morgan fingerprint density at radius 2 is 1.75 bits per heavy atom. The van der Waals surface area contributed by atoms with E-state index in [0.29, 0.717) is 43.6 Å². The minimum Gasteiger partial charge on any atom is -0.483 e. The molecule has 1 aliphatic carbocycles. The van der Waals surface area contributed by atoms with Crippen LogP contribution in [0.3, 0.4) is 0 Å². The Morgan fingerprint density at radius 1 is 1.00 bits per heavy atom. The van der Waals surface area contributed by atoms with Crippen LogP contribution in [0.1, 0.15) is 68.8 Å². The van der Waals surface area contributed by atoms with Gasteiger partial charge in [-0.15, -0.1) is 0 Å². The molecule has 2 saturated heterocycles. The number of para-hydroxylation sites is 1. The van der Waals surface area contributed by atoms with Gasteiger partial charge in [-0.25, -0.2) is 9.78 Å². The molecule has 14 heteroatoms. The van der Waals surface area contributed by atoms with Gasteiger partial charge in [-0.2, -0.15) is 0 Å². The fourth-order valence-electron chi connectivity index (χ4n) is 6.13. The lowest BCUT2D eigenvalue weighted by Gasteiger charge is -2.36. The van der Waals surface area contributed by atoms with Gasteiger partial charge in [0.15, 0.2) is 6.61 Å². The molecule has 5 rings (SSSR count). The van der Waals surface area contributed by atoms with Crippen molar-refractivity contribution in [2.45, 2.75) is 76.4 Å². The second kappa shape index (κ2) is 16.6. The first-order valence-electron chi connectivity index (χ1n) is 17.0. The number of rotatable bonds is 13. The number of ether oxygens (including phenoxy) is 2. The van der Waals surface area contributed by atoms with Gasteiger partial charge in [0.2, 0.25) is 11.8 Å². The van der Waals surface area contributed by atoms with Crippen molar-refractivity contribution in [1.82, 2.24) is 30.3 Å². The lowest BCUT2D eigenvalue weighted by molar-refractivity contribution is -0.140. The van der Waals surface area contributed by atoms with Crippen molar-refractivity contribution in [2.75, 3.05) is 52.5 Å². The summed E-state index contributed by atoms with van der Waals surface area (Å²) < 4.78 is 11.3. The molecule has 2 aliphatic heterocycles. The Morgan fingerprint density at radius 3 is 2.46 bits per heavy atom. The fraction of sp³-hybridized carbons (Fsp3) is 0.588. The number of aromatic nitrogens is 1. The third kappa shape index (κ3) is 8.52. The van der Waals surface area contributed by atoms with E-state index in [4.69, 9.17) is 9.47 Å². The number of carbonyl (C=O) groups is 5. The standard InChI is InChI=1S/C34H46N6O8/c1-2-3-20-47-34(46)39-17-15-38(16-18-39)33(45)26(13-19-41)37-31(43)27-21-29(24-10-4-5-11-25(24)36-27)48-22-30(42)40-14-7-12-28(40)32(44)35-23-8-6-9-23/h4-5,10-11,21,23,26,28,41H,2-3,6-9,12-20,22H2,1H3,(H,35,44)(H,37,43)/t26-,28-/m0/s1. The first-order chi connectivity index (χ1) is 23.3. The molecule has 48 heavy (non-hydrogen) atoms. The number of likely N-dealkylation sites (tertiary alicyclic amines) is 1. The molecule has 5 amide bonds. The fourth-order valence-corrected chi connectivity index (χ4v) is 6.13. The summed E-state index contributed by atoms with van der Waals surface area (Å²) in [5.41, 5.74) is 0.434. The highest BCUT2D eigenvalue weighted by molar-refractivity contribution is 5.99. The number of piperazine rings is 1. The zero-order chi connectivity index (χ0) is 34.0. The number of amides is 5. The normalized spacial score (nSPS) is 18.6. The van der Waals surface area contributed by atoms with Gasteiger partial charge in [-0.05, 0) is 57.1 Å². The van der Waals surface area contributed by atoms with Crippen molar-refractivity contribution in [2.24, 2.45) is 0 Å². The van der Waals surface area contributed by atoms with E-state index in [1.165, 1.54) is 6.07 Å². The van der Waals surface area contributed by atoms with Crippen LogP contribution in [-0.4, -0.2) is 125 Å².